The van der Waals surface area contributed by atoms with Crippen molar-refractivity contribution in [1.29, 1.82) is 0 Å². The molecule has 0 aromatic rings. The Balaban J connectivity index is 3.28. The topological polar surface area (TPSA) is 26.3 Å². The lowest BCUT2D eigenvalue weighted by Gasteiger charge is -1.99. The van der Waals surface area contributed by atoms with Gasteiger partial charge in [-0.15, -0.1) is 6.58 Å². The number of ketones is 1. The summed E-state index contributed by atoms with van der Waals surface area (Å²) in [4.78, 5) is 11.1. The van der Waals surface area contributed by atoms with E-state index in [0.29, 0.717) is 25.2 Å². The summed E-state index contributed by atoms with van der Waals surface area (Å²) in [5.41, 5.74) is 1.08. The highest BCUT2D eigenvalue weighted by atomic mass is 16.5. The second-order valence-corrected chi connectivity index (χ2v) is 3.09. The molecule has 12 heavy (non-hydrogen) atoms. The molecule has 0 unspecified atom stereocenters. The first kappa shape index (κ1) is 11.4. The Labute approximate surface area is 74.6 Å². The molecule has 0 N–H and O–H groups in total. The number of Topliss-reactive ketones (excluding diaryl/α,β-unsaturated/α-hetero) is 1. The van der Waals surface area contributed by atoms with Gasteiger partial charge in [0.05, 0.1) is 0 Å². The van der Waals surface area contributed by atoms with Crippen LogP contribution < -0.4 is 0 Å². The molecule has 0 heterocycles. The molecule has 0 aliphatic rings. The van der Waals surface area contributed by atoms with Crippen LogP contribution in [0.1, 0.15) is 32.6 Å². The van der Waals surface area contributed by atoms with Gasteiger partial charge in [0.15, 0.2) is 0 Å². The van der Waals surface area contributed by atoms with Crippen molar-refractivity contribution in [1.82, 2.24) is 0 Å². The first-order chi connectivity index (χ1) is 5.66. The smallest absolute Gasteiger partial charge is 0.133 e. The van der Waals surface area contributed by atoms with Gasteiger partial charge in [0.1, 0.15) is 5.78 Å². The number of hydrogen-bond donors (Lipinski definition) is 0. The monoisotopic (exact) mass is 170 g/mol. The molecule has 0 aromatic heterocycles. The third-order valence-electron chi connectivity index (χ3n) is 1.63. The molecule has 0 aliphatic heterocycles. The summed E-state index contributed by atoms with van der Waals surface area (Å²) in [6.07, 6.45) is 2.94. The van der Waals surface area contributed by atoms with E-state index >= 15 is 0 Å². The van der Waals surface area contributed by atoms with Gasteiger partial charge >= 0.3 is 0 Å². The molecule has 0 atom stereocenters. The Bertz CT molecular complexity index is 150. The van der Waals surface area contributed by atoms with Crippen LogP contribution >= 0.6 is 0 Å². The van der Waals surface area contributed by atoms with Crippen molar-refractivity contribution < 1.29 is 9.53 Å². The first-order valence-electron chi connectivity index (χ1n) is 4.32. The Morgan fingerprint density at radius 2 is 2.00 bits per heavy atom. The van der Waals surface area contributed by atoms with Crippen LogP contribution in [0.15, 0.2) is 12.2 Å². The van der Waals surface area contributed by atoms with Crippen LogP contribution in [0.2, 0.25) is 0 Å². The van der Waals surface area contributed by atoms with Crippen molar-refractivity contribution in [3.8, 4) is 0 Å². The highest BCUT2D eigenvalue weighted by Gasteiger charge is 2.00. The maximum atomic E-state index is 11.1. The minimum absolute atomic E-state index is 0.315. The predicted octanol–water partition coefficient (Wildman–Crippen LogP) is 2.34. The fourth-order valence-electron chi connectivity index (χ4n) is 0.891. The molecule has 0 bridgehead atoms. The average Bonchev–Trinajstić information content (AvgIpc) is 2.01. The highest BCUT2D eigenvalue weighted by Crippen LogP contribution is 2.04. The summed E-state index contributed by atoms with van der Waals surface area (Å²) in [6, 6.07) is 0. The van der Waals surface area contributed by atoms with E-state index in [1.807, 2.05) is 6.92 Å². The fourth-order valence-corrected chi connectivity index (χ4v) is 0.891. The molecule has 0 saturated carbocycles. The van der Waals surface area contributed by atoms with Crippen LogP contribution in [0.25, 0.3) is 0 Å². The Morgan fingerprint density at radius 3 is 2.50 bits per heavy atom. The van der Waals surface area contributed by atoms with Crippen LogP contribution in [0.4, 0.5) is 0 Å². The SMILES string of the molecule is C=C(C)CCC(=O)CCCOC. The molecular formula is C10H18O2. The van der Waals surface area contributed by atoms with Gasteiger partial charge in [-0.2, -0.15) is 0 Å². The van der Waals surface area contributed by atoms with Gasteiger partial charge in [-0.1, -0.05) is 5.57 Å². The molecule has 0 amide bonds. The molecule has 0 aromatic carbocycles. The fraction of sp³-hybridized carbons (Fsp3) is 0.700. The molecule has 0 spiro atoms. The molecular weight excluding hydrogens is 152 g/mol. The lowest BCUT2D eigenvalue weighted by Crippen LogP contribution is -2.00. The Hall–Kier alpha value is -0.630. The van der Waals surface area contributed by atoms with Crippen molar-refractivity contribution >= 4 is 5.78 Å². The first-order valence-corrected chi connectivity index (χ1v) is 4.32. The summed E-state index contributed by atoms with van der Waals surface area (Å²) in [6.45, 7) is 6.37. The summed E-state index contributed by atoms with van der Waals surface area (Å²) < 4.78 is 4.85. The van der Waals surface area contributed by atoms with Crippen LogP contribution in [-0.2, 0) is 9.53 Å². The van der Waals surface area contributed by atoms with Crippen molar-refractivity contribution in [3.05, 3.63) is 12.2 Å². The number of hydrogen-bond acceptors (Lipinski definition) is 2. The largest absolute Gasteiger partial charge is 0.385 e. The quantitative estimate of drug-likeness (QED) is 0.433. The van der Waals surface area contributed by atoms with Gasteiger partial charge in [-0.3, -0.25) is 4.79 Å². The van der Waals surface area contributed by atoms with Gasteiger partial charge in [0, 0.05) is 26.6 Å². The number of carbonyl (C=O) groups excluding carboxylic acids is 1. The number of rotatable bonds is 7. The van der Waals surface area contributed by atoms with Crippen molar-refractivity contribution in [2.75, 3.05) is 13.7 Å². The van der Waals surface area contributed by atoms with Gasteiger partial charge in [-0.25, -0.2) is 0 Å². The average molecular weight is 170 g/mol. The highest BCUT2D eigenvalue weighted by molar-refractivity contribution is 5.78. The van der Waals surface area contributed by atoms with E-state index in [9.17, 15) is 4.79 Å². The lowest BCUT2D eigenvalue weighted by atomic mass is 10.1. The number of methoxy groups -OCH3 is 1. The molecule has 2 nitrogen and oxygen atoms in total. The molecule has 0 rings (SSSR count). The third kappa shape index (κ3) is 7.48. The van der Waals surface area contributed by atoms with Gasteiger partial charge in [0.2, 0.25) is 0 Å². The van der Waals surface area contributed by atoms with Crippen LogP contribution in [0.3, 0.4) is 0 Å². The van der Waals surface area contributed by atoms with E-state index in [4.69, 9.17) is 4.74 Å². The number of allylic oxidation sites excluding steroid dienone is 1. The summed E-state index contributed by atoms with van der Waals surface area (Å²) in [7, 11) is 1.65. The normalized spacial score (nSPS) is 9.83. The molecule has 0 aliphatic carbocycles. The van der Waals surface area contributed by atoms with Crippen LogP contribution in [0.5, 0.6) is 0 Å². The Morgan fingerprint density at radius 1 is 1.33 bits per heavy atom. The van der Waals surface area contributed by atoms with Crippen LogP contribution in [-0.4, -0.2) is 19.5 Å². The van der Waals surface area contributed by atoms with Gasteiger partial charge < -0.3 is 4.74 Å². The molecule has 2 heteroatoms. The minimum Gasteiger partial charge on any atom is -0.385 e. The second-order valence-electron chi connectivity index (χ2n) is 3.09. The predicted molar refractivity (Wildman–Crippen MR) is 50.2 cm³/mol. The molecule has 0 saturated heterocycles. The lowest BCUT2D eigenvalue weighted by molar-refractivity contribution is -0.119. The summed E-state index contributed by atoms with van der Waals surface area (Å²) >= 11 is 0. The third-order valence-corrected chi connectivity index (χ3v) is 1.63. The van der Waals surface area contributed by atoms with E-state index in [-0.39, 0.29) is 0 Å². The standard InChI is InChI=1S/C10H18O2/c1-9(2)6-7-10(11)5-4-8-12-3/h1,4-8H2,2-3H3. The number of carbonyl (C=O) groups is 1. The van der Waals surface area contributed by atoms with E-state index in [0.717, 1.165) is 18.4 Å². The van der Waals surface area contributed by atoms with E-state index < -0.39 is 0 Å². The number of ether oxygens (including phenoxy) is 1. The summed E-state index contributed by atoms with van der Waals surface area (Å²) in [5.74, 6) is 0.315. The maximum absolute atomic E-state index is 11.1. The van der Waals surface area contributed by atoms with Gasteiger partial charge in [-0.05, 0) is 19.8 Å². The zero-order chi connectivity index (χ0) is 9.40. The Kier molecular flexibility index (Phi) is 6.67. The molecule has 70 valence electrons. The van der Waals surface area contributed by atoms with Crippen molar-refractivity contribution in [3.63, 3.8) is 0 Å². The molecule has 0 fully saturated rings. The van der Waals surface area contributed by atoms with E-state index in [1.165, 1.54) is 0 Å². The van der Waals surface area contributed by atoms with Crippen molar-refractivity contribution in [2.45, 2.75) is 32.6 Å². The minimum atomic E-state index is 0.315. The second kappa shape index (κ2) is 7.04. The maximum Gasteiger partial charge on any atom is 0.133 e. The molecule has 0 radical (unpaired) electrons. The van der Waals surface area contributed by atoms with Crippen LogP contribution in [0, 0.1) is 0 Å². The zero-order valence-electron chi connectivity index (χ0n) is 8.06. The van der Waals surface area contributed by atoms with E-state index in [2.05, 4.69) is 6.58 Å². The van der Waals surface area contributed by atoms with Gasteiger partial charge in [0.25, 0.3) is 0 Å². The summed E-state index contributed by atoms with van der Waals surface area (Å²) in [5, 5.41) is 0. The van der Waals surface area contributed by atoms with E-state index in [1.54, 1.807) is 7.11 Å². The zero-order valence-corrected chi connectivity index (χ0v) is 8.06. The van der Waals surface area contributed by atoms with Crippen molar-refractivity contribution in [2.24, 2.45) is 0 Å².